The van der Waals surface area contributed by atoms with E-state index in [1.165, 1.54) is 37.9 Å². The lowest BCUT2D eigenvalue weighted by Gasteiger charge is -2.05. The van der Waals surface area contributed by atoms with Crippen LogP contribution in [0.2, 0.25) is 0 Å². The Morgan fingerprint density at radius 1 is 1.50 bits per heavy atom. The van der Waals surface area contributed by atoms with Crippen LogP contribution in [0, 0.1) is 5.92 Å². The van der Waals surface area contributed by atoms with Gasteiger partial charge in [-0.2, -0.15) is 0 Å². The fourth-order valence-corrected chi connectivity index (χ4v) is 1.82. The van der Waals surface area contributed by atoms with Gasteiger partial charge in [-0.15, -0.1) is 0 Å². The molecule has 0 aliphatic heterocycles. The van der Waals surface area contributed by atoms with E-state index >= 15 is 0 Å². The fraction of sp³-hybridized carbons (Fsp3) is 0.667. The number of nitrogens with one attached hydrogen (secondary N) is 1. The average molecular weight is 192 g/mol. The molecule has 1 saturated carbocycles. The molecule has 2 heteroatoms. The first-order chi connectivity index (χ1) is 6.86. The van der Waals surface area contributed by atoms with Crippen LogP contribution in [-0.2, 0) is 13.6 Å². The van der Waals surface area contributed by atoms with Crippen molar-refractivity contribution in [2.45, 2.75) is 32.2 Å². The van der Waals surface area contributed by atoms with E-state index in [0.29, 0.717) is 0 Å². The van der Waals surface area contributed by atoms with E-state index in [1.54, 1.807) is 0 Å². The molecule has 0 radical (unpaired) electrons. The quantitative estimate of drug-likeness (QED) is 0.684. The molecule has 1 aliphatic rings. The van der Waals surface area contributed by atoms with Gasteiger partial charge in [0, 0.05) is 25.5 Å². The first-order valence-electron chi connectivity index (χ1n) is 5.67. The van der Waals surface area contributed by atoms with Crippen LogP contribution in [-0.4, -0.2) is 11.1 Å². The van der Waals surface area contributed by atoms with E-state index in [-0.39, 0.29) is 0 Å². The molecule has 1 aromatic heterocycles. The van der Waals surface area contributed by atoms with Crippen molar-refractivity contribution in [1.29, 1.82) is 0 Å². The first kappa shape index (κ1) is 9.78. The maximum absolute atomic E-state index is 3.49. The molecule has 78 valence electrons. The second kappa shape index (κ2) is 4.65. The molecule has 14 heavy (non-hydrogen) atoms. The van der Waals surface area contributed by atoms with Crippen LogP contribution in [0.1, 0.15) is 31.4 Å². The summed E-state index contributed by atoms with van der Waals surface area (Å²) in [6.45, 7) is 2.18. The summed E-state index contributed by atoms with van der Waals surface area (Å²) in [5, 5.41) is 3.49. The summed E-state index contributed by atoms with van der Waals surface area (Å²) < 4.78 is 2.17. The number of aryl methyl sites for hydroxylation is 1. The van der Waals surface area contributed by atoms with Crippen molar-refractivity contribution in [2.75, 3.05) is 6.54 Å². The maximum Gasteiger partial charge on any atom is 0.0359 e. The third-order valence-electron chi connectivity index (χ3n) is 3.02. The highest BCUT2D eigenvalue weighted by atomic mass is 15.0. The van der Waals surface area contributed by atoms with Crippen LogP contribution in [0.15, 0.2) is 18.3 Å². The SMILES string of the molecule is Cn1cccc1CNCCCC1CC1. The molecule has 1 fully saturated rings. The molecule has 0 unspecified atom stereocenters. The van der Waals surface area contributed by atoms with Crippen LogP contribution >= 0.6 is 0 Å². The highest BCUT2D eigenvalue weighted by Gasteiger charge is 2.19. The normalized spacial score (nSPS) is 16.1. The zero-order valence-electron chi connectivity index (χ0n) is 9.00. The van der Waals surface area contributed by atoms with Crippen molar-refractivity contribution < 1.29 is 0 Å². The average Bonchev–Trinajstić information content (AvgIpc) is 2.91. The molecule has 0 saturated heterocycles. The fourth-order valence-electron chi connectivity index (χ4n) is 1.82. The van der Waals surface area contributed by atoms with Crippen LogP contribution in [0.5, 0.6) is 0 Å². The molecule has 0 bridgehead atoms. The zero-order chi connectivity index (χ0) is 9.80. The monoisotopic (exact) mass is 192 g/mol. The highest BCUT2D eigenvalue weighted by Crippen LogP contribution is 2.33. The van der Waals surface area contributed by atoms with Gasteiger partial charge in [0.2, 0.25) is 0 Å². The number of hydrogen-bond donors (Lipinski definition) is 1. The summed E-state index contributed by atoms with van der Waals surface area (Å²) in [7, 11) is 2.10. The van der Waals surface area contributed by atoms with E-state index in [4.69, 9.17) is 0 Å². The van der Waals surface area contributed by atoms with Crippen molar-refractivity contribution in [3.63, 3.8) is 0 Å². The molecular weight excluding hydrogens is 172 g/mol. The van der Waals surface area contributed by atoms with E-state index in [9.17, 15) is 0 Å². The van der Waals surface area contributed by atoms with Gasteiger partial charge >= 0.3 is 0 Å². The molecule has 0 amide bonds. The third kappa shape index (κ3) is 2.88. The Labute approximate surface area is 86.3 Å². The van der Waals surface area contributed by atoms with Crippen molar-refractivity contribution in [2.24, 2.45) is 13.0 Å². The van der Waals surface area contributed by atoms with Crippen LogP contribution in [0.3, 0.4) is 0 Å². The lowest BCUT2D eigenvalue weighted by molar-refractivity contribution is 0.582. The summed E-state index contributed by atoms with van der Waals surface area (Å²) in [5.41, 5.74) is 1.37. The van der Waals surface area contributed by atoms with Gasteiger partial charge in [-0.1, -0.05) is 12.8 Å². The van der Waals surface area contributed by atoms with Crippen molar-refractivity contribution in [3.05, 3.63) is 24.0 Å². The van der Waals surface area contributed by atoms with E-state index in [1.807, 2.05) is 0 Å². The van der Waals surface area contributed by atoms with Crippen molar-refractivity contribution in [3.8, 4) is 0 Å². The second-order valence-electron chi connectivity index (χ2n) is 4.37. The van der Waals surface area contributed by atoms with Gasteiger partial charge in [0.1, 0.15) is 0 Å². The zero-order valence-corrected chi connectivity index (χ0v) is 9.00. The Bertz CT molecular complexity index is 274. The second-order valence-corrected chi connectivity index (χ2v) is 4.37. The maximum atomic E-state index is 3.49. The lowest BCUT2D eigenvalue weighted by atomic mass is 10.2. The first-order valence-corrected chi connectivity index (χ1v) is 5.67. The van der Waals surface area contributed by atoms with Gasteiger partial charge < -0.3 is 9.88 Å². The van der Waals surface area contributed by atoms with Crippen LogP contribution in [0.25, 0.3) is 0 Å². The Hall–Kier alpha value is -0.760. The predicted molar refractivity (Wildman–Crippen MR) is 59.1 cm³/mol. The smallest absolute Gasteiger partial charge is 0.0359 e. The Kier molecular flexibility index (Phi) is 3.25. The van der Waals surface area contributed by atoms with E-state index < -0.39 is 0 Å². The van der Waals surface area contributed by atoms with Crippen molar-refractivity contribution in [1.82, 2.24) is 9.88 Å². The molecule has 2 nitrogen and oxygen atoms in total. The molecule has 1 aromatic rings. The van der Waals surface area contributed by atoms with Gasteiger partial charge in [0.05, 0.1) is 0 Å². The molecule has 0 spiro atoms. The van der Waals surface area contributed by atoms with Crippen LogP contribution < -0.4 is 5.32 Å². The Morgan fingerprint density at radius 3 is 3.00 bits per heavy atom. The lowest BCUT2D eigenvalue weighted by Crippen LogP contribution is -2.16. The molecule has 0 aromatic carbocycles. The minimum absolute atomic E-state index is 1.01. The number of rotatable bonds is 6. The highest BCUT2D eigenvalue weighted by molar-refractivity contribution is 5.05. The largest absolute Gasteiger partial charge is 0.353 e. The van der Waals surface area contributed by atoms with Gasteiger partial charge in [-0.25, -0.2) is 0 Å². The predicted octanol–water partition coefficient (Wildman–Crippen LogP) is 2.30. The van der Waals surface area contributed by atoms with Gasteiger partial charge in [0.15, 0.2) is 0 Å². The number of nitrogens with zero attached hydrogens (tertiary/aromatic N) is 1. The summed E-state index contributed by atoms with van der Waals surface area (Å²) in [5.74, 6) is 1.08. The molecule has 0 atom stereocenters. The number of hydrogen-bond acceptors (Lipinski definition) is 1. The molecule has 1 aliphatic carbocycles. The molecule has 1 heterocycles. The molecule has 2 rings (SSSR count). The summed E-state index contributed by atoms with van der Waals surface area (Å²) >= 11 is 0. The van der Waals surface area contributed by atoms with E-state index in [2.05, 4.69) is 35.3 Å². The van der Waals surface area contributed by atoms with Crippen LogP contribution in [0.4, 0.5) is 0 Å². The standard InChI is InChI=1S/C12H20N2/c1-14-9-3-5-12(14)10-13-8-2-4-11-6-7-11/h3,5,9,11,13H,2,4,6-8,10H2,1H3. The summed E-state index contributed by atoms with van der Waals surface area (Å²) in [6, 6.07) is 4.27. The number of aromatic nitrogens is 1. The third-order valence-corrected chi connectivity index (χ3v) is 3.02. The summed E-state index contributed by atoms with van der Waals surface area (Å²) in [4.78, 5) is 0. The minimum atomic E-state index is 1.01. The Morgan fingerprint density at radius 2 is 2.36 bits per heavy atom. The van der Waals surface area contributed by atoms with Gasteiger partial charge in [0.25, 0.3) is 0 Å². The summed E-state index contributed by atoms with van der Waals surface area (Å²) in [6.07, 6.45) is 7.84. The molecule has 1 N–H and O–H groups in total. The Balaban J connectivity index is 1.56. The van der Waals surface area contributed by atoms with Crippen molar-refractivity contribution >= 4 is 0 Å². The molecular formula is C12H20N2. The van der Waals surface area contributed by atoms with Gasteiger partial charge in [-0.05, 0) is 37.4 Å². The minimum Gasteiger partial charge on any atom is -0.353 e. The van der Waals surface area contributed by atoms with Gasteiger partial charge in [-0.3, -0.25) is 0 Å². The van der Waals surface area contributed by atoms with E-state index in [0.717, 1.165) is 12.5 Å². The topological polar surface area (TPSA) is 17.0 Å².